The maximum atomic E-state index is 11.5. The van der Waals surface area contributed by atoms with Crippen LogP contribution in [0.2, 0.25) is 0 Å². The van der Waals surface area contributed by atoms with Crippen LogP contribution in [0.5, 0.6) is 0 Å². The Balaban J connectivity index is 1.53. The summed E-state index contributed by atoms with van der Waals surface area (Å²) in [4.78, 5) is 2.52. The van der Waals surface area contributed by atoms with Crippen molar-refractivity contribution >= 4 is 0 Å². The Morgan fingerprint density at radius 1 is 1.12 bits per heavy atom. The first-order valence-corrected chi connectivity index (χ1v) is 10.6. The molecule has 1 saturated heterocycles. The number of hydrogen-bond acceptors (Lipinski definition) is 3. The smallest absolute Gasteiger partial charge is 0.0617 e. The molecule has 1 spiro atoms. The SMILES string of the molecule is C[C@H]1[C@H]2CC[C@H]3[C@@H]4CC=C5C[C@H](O)CC[C@]5(C)[C@@H]4C[C@H](O)[C@]23CN1C. The predicted octanol–water partition coefficient (Wildman–Crippen LogP) is 3.21. The minimum Gasteiger partial charge on any atom is -0.393 e. The third-order valence-electron chi connectivity index (χ3n) is 9.74. The zero-order valence-electron chi connectivity index (χ0n) is 16.1. The van der Waals surface area contributed by atoms with E-state index in [2.05, 4.69) is 31.9 Å². The zero-order chi connectivity index (χ0) is 17.6. The van der Waals surface area contributed by atoms with Crippen molar-refractivity contribution in [2.75, 3.05) is 13.6 Å². The van der Waals surface area contributed by atoms with Crippen LogP contribution in [-0.4, -0.2) is 47.0 Å². The van der Waals surface area contributed by atoms with Crippen molar-refractivity contribution in [3.05, 3.63) is 11.6 Å². The molecular formula is C22H35NO2. The van der Waals surface area contributed by atoms with Gasteiger partial charge in [0.2, 0.25) is 0 Å². The van der Waals surface area contributed by atoms with Gasteiger partial charge in [-0.25, -0.2) is 0 Å². The molecule has 1 aliphatic heterocycles. The summed E-state index contributed by atoms with van der Waals surface area (Å²) in [5, 5.41) is 21.6. The fourth-order valence-electron chi connectivity index (χ4n) is 8.40. The van der Waals surface area contributed by atoms with Crippen LogP contribution in [0.15, 0.2) is 11.6 Å². The number of aliphatic hydroxyl groups excluding tert-OH is 2. The first-order chi connectivity index (χ1) is 11.9. The maximum Gasteiger partial charge on any atom is 0.0617 e. The number of rotatable bonds is 0. The second-order valence-electron chi connectivity index (χ2n) is 10.4. The first kappa shape index (κ1) is 16.8. The van der Waals surface area contributed by atoms with Gasteiger partial charge >= 0.3 is 0 Å². The second kappa shape index (κ2) is 5.33. The number of allylic oxidation sites excluding steroid dienone is 1. The third-order valence-corrected chi connectivity index (χ3v) is 9.74. The molecular weight excluding hydrogens is 310 g/mol. The van der Waals surface area contributed by atoms with Crippen LogP contribution < -0.4 is 0 Å². The number of hydrogen-bond donors (Lipinski definition) is 2. The van der Waals surface area contributed by atoms with Gasteiger partial charge in [0.1, 0.15) is 0 Å². The highest BCUT2D eigenvalue weighted by Gasteiger charge is 2.67. The molecule has 4 aliphatic carbocycles. The summed E-state index contributed by atoms with van der Waals surface area (Å²) in [7, 11) is 2.26. The van der Waals surface area contributed by atoms with E-state index in [4.69, 9.17) is 0 Å². The minimum absolute atomic E-state index is 0.137. The molecule has 0 amide bonds. The van der Waals surface area contributed by atoms with Gasteiger partial charge in [0.05, 0.1) is 12.2 Å². The molecule has 3 nitrogen and oxygen atoms in total. The van der Waals surface area contributed by atoms with Crippen molar-refractivity contribution in [2.24, 2.45) is 34.5 Å². The number of fused-ring (bicyclic) bond motifs is 4. The van der Waals surface area contributed by atoms with Gasteiger partial charge in [0.25, 0.3) is 0 Å². The highest BCUT2D eigenvalue weighted by atomic mass is 16.3. The minimum atomic E-state index is -0.143. The fraction of sp³-hybridized carbons (Fsp3) is 0.909. The summed E-state index contributed by atoms with van der Waals surface area (Å²) in [5.41, 5.74) is 1.88. The van der Waals surface area contributed by atoms with Crippen LogP contribution in [0.3, 0.4) is 0 Å². The van der Waals surface area contributed by atoms with Crippen molar-refractivity contribution in [3.63, 3.8) is 0 Å². The molecule has 3 saturated carbocycles. The van der Waals surface area contributed by atoms with Crippen molar-refractivity contribution in [1.29, 1.82) is 0 Å². The van der Waals surface area contributed by atoms with Gasteiger partial charge in [0.15, 0.2) is 0 Å². The van der Waals surface area contributed by atoms with Gasteiger partial charge in [-0.2, -0.15) is 0 Å². The zero-order valence-corrected chi connectivity index (χ0v) is 16.1. The molecule has 0 aromatic heterocycles. The van der Waals surface area contributed by atoms with Gasteiger partial charge in [0, 0.05) is 18.0 Å². The predicted molar refractivity (Wildman–Crippen MR) is 99.0 cm³/mol. The molecule has 0 aromatic rings. The highest BCUT2D eigenvalue weighted by molar-refractivity contribution is 5.27. The van der Waals surface area contributed by atoms with Crippen LogP contribution in [0.1, 0.15) is 58.8 Å². The van der Waals surface area contributed by atoms with E-state index >= 15 is 0 Å². The van der Waals surface area contributed by atoms with Crippen LogP contribution in [-0.2, 0) is 0 Å². The van der Waals surface area contributed by atoms with E-state index in [1.54, 1.807) is 0 Å². The van der Waals surface area contributed by atoms with Crippen molar-refractivity contribution in [2.45, 2.75) is 77.0 Å². The molecule has 4 fully saturated rings. The topological polar surface area (TPSA) is 43.7 Å². The quantitative estimate of drug-likeness (QED) is 0.663. The van der Waals surface area contributed by atoms with Crippen LogP contribution >= 0.6 is 0 Å². The summed E-state index contributed by atoms with van der Waals surface area (Å²) in [6, 6.07) is 0.617. The average Bonchev–Trinajstić information content (AvgIpc) is 3.06. The normalized spacial score (nSPS) is 58.1. The fourth-order valence-corrected chi connectivity index (χ4v) is 8.40. The highest BCUT2D eigenvalue weighted by Crippen LogP contribution is 2.68. The van der Waals surface area contributed by atoms with Crippen LogP contribution in [0.4, 0.5) is 0 Å². The monoisotopic (exact) mass is 345 g/mol. The van der Waals surface area contributed by atoms with Crippen molar-refractivity contribution < 1.29 is 10.2 Å². The lowest BCUT2D eigenvalue weighted by Gasteiger charge is -2.59. The molecule has 140 valence electrons. The summed E-state index contributed by atoms with van der Waals surface area (Å²) >= 11 is 0. The lowest BCUT2D eigenvalue weighted by atomic mass is 9.46. The van der Waals surface area contributed by atoms with E-state index in [1.165, 1.54) is 24.8 Å². The number of aliphatic hydroxyl groups is 2. The Kier molecular flexibility index (Phi) is 3.57. The van der Waals surface area contributed by atoms with E-state index < -0.39 is 0 Å². The van der Waals surface area contributed by atoms with E-state index in [0.717, 1.165) is 38.1 Å². The van der Waals surface area contributed by atoms with Gasteiger partial charge in [-0.3, -0.25) is 0 Å². The summed E-state index contributed by atoms with van der Waals surface area (Å²) < 4.78 is 0. The molecule has 5 rings (SSSR count). The van der Waals surface area contributed by atoms with Crippen molar-refractivity contribution in [3.8, 4) is 0 Å². The van der Waals surface area contributed by atoms with Crippen molar-refractivity contribution in [1.82, 2.24) is 4.90 Å². The summed E-state index contributed by atoms with van der Waals surface area (Å²) in [5.74, 6) is 2.74. The lowest BCUT2D eigenvalue weighted by Crippen LogP contribution is -2.57. The first-order valence-electron chi connectivity index (χ1n) is 10.6. The van der Waals surface area contributed by atoms with Gasteiger partial charge < -0.3 is 15.1 Å². The molecule has 0 unspecified atom stereocenters. The molecule has 1 heterocycles. The molecule has 0 radical (unpaired) electrons. The van der Waals surface area contributed by atoms with Gasteiger partial charge in [-0.05, 0) is 88.0 Å². The Hall–Kier alpha value is -0.380. The molecule has 9 atom stereocenters. The number of nitrogens with zero attached hydrogens (tertiary/aromatic N) is 1. The largest absolute Gasteiger partial charge is 0.393 e. The van der Waals surface area contributed by atoms with E-state index in [0.29, 0.717) is 23.8 Å². The van der Waals surface area contributed by atoms with E-state index in [1.807, 2.05) is 0 Å². The Morgan fingerprint density at radius 3 is 2.68 bits per heavy atom. The summed E-state index contributed by atoms with van der Waals surface area (Å²) in [6.07, 6.45) is 9.94. The molecule has 0 bridgehead atoms. The van der Waals surface area contributed by atoms with E-state index in [9.17, 15) is 10.2 Å². The summed E-state index contributed by atoms with van der Waals surface area (Å²) in [6.45, 7) is 5.92. The third kappa shape index (κ3) is 1.98. The molecule has 5 aliphatic rings. The number of likely N-dealkylation sites (tertiary alicyclic amines) is 1. The Labute approximate surface area is 152 Å². The Morgan fingerprint density at radius 2 is 1.88 bits per heavy atom. The van der Waals surface area contributed by atoms with E-state index in [-0.39, 0.29) is 23.0 Å². The van der Waals surface area contributed by atoms with Gasteiger partial charge in [-0.1, -0.05) is 18.6 Å². The maximum absolute atomic E-state index is 11.5. The molecule has 25 heavy (non-hydrogen) atoms. The van der Waals surface area contributed by atoms with Crippen LogP contribution in [0.25, 0.3) is 0 Å². The molecule has 3 heteroatoms. The Bertz CT molecular complexity index is 603. The molecule has 0 aromatic carbocycles. The average molecular weight is 346 g/mol. The lowest BCUT2D eigenvalue weighted by molar-refractivity contribution is -0.127. The second-order valence-corrected chi connectivity index (χ2v) is 10.4. The van der Waals surface area contributed by atoms with Crippen LogP contribution in [0, 0.1) is 34.5 Å². The molecule has 2 N–H and O–H groups in total. The standard InChI is InChI=1S/C22H35NO2/c1-13-17-6-7-18-16-5-4-14-10-15(24)8-9-21(14,2)19(16)11-20(25)22(17,18)12-23(13)3/h4,13,15-20,24-25H,5-12H2,1-3H3/t13-,15+,16-,17+,18-,19+,20-,21-,22+/m0/s1. The van der Waals surface area contributed by atoms with Gasteiger partial charge in [-0.15, -0.1) is 0 Å².